The van der Waals surface area contributed by atoms with Crippen molar-refractivity contribution in [3.63, 3.8) is 0 Å². The molecule has 0 heterocycles. The quantitative estimate of drug-likeness (QED) is 0.566. The van der Waals surface area contributed by atoms with Crippen molar-refractivity contribution in [2.24, 2.45) is 0 Å². The fraction of sp³-hybridized carbons (Fsp3) is 1.00. The minimum atomic E-state index is -3.72. The number of halogens is 3. The standard InChI is InChI=1S/C4H10FO2P.2ClH.Ni/c1-4(2)7-8(3,5)6;;;/h4H,1-3H3;2*1H;/q;;;+2/p-2. The Balaban J connectivity index is 0. The first kappa shape index (κ1) is 14.7. The summed E-state index contributed by atoms with van der Waals surface area (Å²) >= 11 is 0.569. The molecular weight excluding hydrogens is 260 g/mol. The van der Waals surface area contributed by atoms with Gasteiger partial charge in [0.15, 0.2) is 0 Å². The van der Waals surface area contributed by atoms with E-state index in [2.05, 4.69) is 4.52 Å². The third kappa shape index (κ3) is 24.7. The molecule has 0 fully saturated rings. The van der Waals surface area contributed by atoms with E-state index in [1.165, 1.54) is 0 Å². The van der Waals surface area contributed by atoms with Crippen molar-refractivity contribution in [3.8, 4) is 0 Å². The Labute approximate surface area is 80.7 Å². The maximum atomic E-state index is 12.0. The molecule has 0 rings (SSSR count). The van der Waals surface area contributed by atoms with Crippen molar-refractivity contribution < 1.29 is 25.9 Å². The Kier molecular flexibility index (Phi) is 10.5. The van der Waals surface area contributed by atoms with E-state index in [9.17, 15) is 8.76 Å². The monoisotopic (exact) mass is 268 g/mol. The molecule has 0 bridgehead atoms. The summed E-state index contributed by atoms with van der Waals surface area (Å²) in [6.07, 6.45) is -0.296. The second kappa shape index (κ2) is 7.82. The van der Waals surface area contributed by atoms with Crippen LogP contribution in [0, 0.1) is 0 Å². The zero-order valence-electron chi connectivity index (χ0n) is 6.29. The summed E-state index contributed by atoms with van der Waals surface area (Å²) in [5, 5.41) is 0. The molecule has 2 nitrogen and oxygen atoms in total. The summed E-state index contributed by atoms with van der Waals surface area (Å²) in [5.41, 5.74) is 0. The molecule has 0 N–H and O–H groups in total. The number of hydrogen-bond acceptors (Lipinski definition) is 2. The van der Waals surface area contributed by atoms with Gasteiger partial charge in [0, 0.05) is 6.66 Å². The van der Waals surface area contributed by atoms with Crippen LogP contribution in [0.3, 0.4) is 0 Å². The molecule has 0 radical (unpaired) electrons. The van der Waals surface area contributed by atoms with Crippen LogP contribution < -0.4 is 0 Å². The Bertz CT molecular complexity index is 129. The first-order valence-electron chi connectivity index (χ1n) is 2.61. The summed E-state index contributed by atoms with van der Waals surface area (Å²) in [4.78, 5) is 0. The van der Waals surface area contributed by atoms with Gasteiger partial charge in [-0.1, -0.05) is 0 Å². The van der Waals surface area contributed by atoms with Crippen molar-refractivity contribution in [2.45, 2.75) is 20.0 Å². The molecule has 0 saturated heterocycles. The van der Waals surface area contributed by atoms with Crippen LogP contribution in [0.1, 0.15) is 13.8 Å². The van der Waals surface area contributed by atoms with E-state index in [-0.39, 0.29) is 6.10 Å². The van der Waals surface area contributed by atoms with Gasteiger partial charge in [0.25, 0.3) is 0 Å². The van der Waals surface area contributed by atoms with E-state index < -0.39 is 7.68 Å². The predicted molar refractivity (Wildman–Crippen MR) is 42.6 cm³/mol. The molecule has 74 valence electrons. The second-order valence-electron chi connectivity index (χ2n) is 1.95. The molecule has 0 aromatic carbocycles. The molecule has 0 aliphatic carbocycles. The molecule has 0 spiro atoms. The first-order valence-corrected chi connectivity index (χ1v) is 7.29. The molecule has 0 amide bonds. The summed E-state index contributed by atoms with van der Waals surface area (Å²) in [6, 6.07) is 0. The van der Waals surface area contributed by atoms with Crippen LogP contribution in [0.15, 0.2) is 0 Å². The maximum absolute atomic E-state index is 12.0. The first-order chi connectivity index (χ1) is 4.83. The van der Waals surface area contributed by atoms with E-state index >= 15 is 0 Å². The van der Waals surface area contributed by atoms with E-state index in [1.54, 1.807) is 13.8 Å². The van der Waals surface area contributed by atoms with Crippen LogP contribution in [0.4, 0.5) is 4.20 Å². The SMILES string of the molecule is CC(C)OP(C)(=O)F.[Cl][Ni][Cl]. The molecule has 0 aromatic rings. The fourth-order valence-electron chi connectivity index (χ4n) is 0.377. The van der Waals surface area contributed by atoms with Crippen molar-refractivity contribution in [1.29, 1.82) is 0 Å². The van der Waals surface area contributed by atoms with Gasteiger partial charge in [0.05, 0.1) is 6.10 Å². The molecule has 0 saturated carbocycles. The summed E-state index contributed by atoms with van der Waals surface area (Å²) in [7, 11) is 5.68. The third-order valence-corrected chi connectivity index (χ3v) is 1.20. The van der Waals surface area contributed by atoms with E-state index in [1.807, 2.05) is 0 Å². The van der Waals surface area contributed by atoms with E-state index in [4.69, 9.17) is 20.4 Å². The van der Waals surface area contributed by atoms with Gasteiger partial charge >= 0.3 is 40.7 Å². The molecule has 1 unspecified atom stereocenters. The van der Waals surface area contributed by atoms with Gasteiger partial charge in [-0.15, -0.1) is 0 Å². The van der Waals surface area contributed by atoms with Gasteiger partial charge in [-0.3, -0.25) is 4.57 Å². The molecule has 7 heteroatoms. The van der Waals surface area contributed by atoms with E-state index in [0.717, 1.165) is 6.66 Å². The summed E-state index contributed by atoms with van der Waals surface area (Å²) in [5.74, 6) is 0. The van der Waals surface area contributed by atoms with Crippen LogP contribution in [-0.2, 0) is 21.7 Å². The molecule has 11 heavy (non-hydrogen) atoms. The zero-order valence-corrected chi connectivity index (χ0v) is 9.69. The van der Waals surface area contributed by atoms with Gasteiger partial charge in [-0.2, -0.15) is 4.20 Å². The normalized spacial score (nSPS) is 15.5. The predicted octanol–water partition coefficient (Wildman–Crippen LogP) is 3.58. The van der Waals surface area contributed by atoms with Gasteiger partial charge in [-0.05, 0) is 13.8 Å². The number of rotatable bonds is 2. The van der Waals surface area contributed by atoms with Crippen molar-refractivity contribution >= 4 is 28.1 Å². The zero-order chi connectivity index (χ0) is 9.49. The second-order valence-corrected chi connectivity index (χ2v) is 5.28. The third-order valence-electron chi connectivity index (χ3n) is 0.399. The van der Waals surface area contributed by atoms with Crippen LogP contribution in [0.5, 0.6) is 0 Å². The average Bonchev–Trinajstić information content (AvgIpc) is 1.57. The molecular formula is C4H10Cl2FNiO2P. The van der Waals surface area contributed by atoms with Crippen LogP contribution in [-0.4, -0.2) is 12.8 Å². The Morgan fingerprint density at radius 1 is 1.55 bits per heavy atom. The summed E-state index contributed by atoms with van der Waals surface area (Å²) < 4.78 is 26.4. The fourth-order valence-corrected chi connectivity index (χ4v) is 1.13. The van der Waals surface area contributed by atoms with E-state index in [0.29, 0.717) is 12.7 Å². The van der Waals surface area contributed by atoms with Crippen LogP contribution in [0.25, 0.3) is 0 Å². The molecule has 0 aromatic heterocycles. The van der Waals surface area contributed by atoms with Crippen molar-refractivity contribution in [1.82, 2.24) is 0 Å². The Morgan fingerprint density at radius 3 is 1.82 bits per heavy atom. The summed E-state index contributed by atoms with van der Waals surface area (Å²) in [6.45, 7) is 4.22. The van der Waals surface area contributed by atoms with Crippen molar-refractivity contribution in [3.05, 3.63) is 0 Å². The average molecular weight is 270 g/mol. The Hall–Kier alpha value is 1.19. The van der Waals surface area contributed by atoms with Gasteiger partial charge in [0.1, 0.15) is 0 Å². The number of hydrogen-bond donors (Lipinski definition) is 0. The minimum absolute atomic E-state index is 0.296. The molecule has 0 aliphatic heterocycles. The van der Waals surface area contributed by atoms with Gasteiger partial charge in [-0.25, -0.2) is 0 Å². The Morgan fingerprint density at radius 2 is 1.82 bits per heavy atom. The van der Waals surface area contributed by atoms with Gasteiger partial charge < -0.3 is 4.52 Å². The molecule has 1 atom stereocenters. The van der Waals surface area contributed by atoms with Crippen LogP contribution >= 0.6 is 28.1 Å². The molecule has 0 aliphatic rings. The van der Waals surface area contributed by atoms with Crippen molar-refractivity contribution in [2.75, 3.05) is 6.66 Å². The van der Waals surface area contributed by atoms with Crippen LogP contribution in [0.2, 0.25) is 0 Å². The topological polar surface area (TPSA) is 26.3 Å². The van der Waals surface area contributed by atoms with Gasteiger partial charge in [0.2, 0.25) is 0 Å².